The predicted octanol–water partition coefficient (Wildman–Crippen LogP) is 1.56. The van der Waals surface area contributed by atoms with E-state index in [4.69, 9.17) is 11.6 Å². The Morgan fingerprint density at radius 3 is 2.64 bits per heavy atom. The summed E-state index contributed by atoms with van der Waals surface area (Å²) in [6.07, 6.45) is 3.17. The van der Waals surface area contributed by atoms with Crippen LogP contribution in [-0.2, 0) is 16.6 Å². The number of rotatable bonds is 7. The van der Waals surface area contributed by atoms with Gasteiger partial charge in [-0.15, -0.1) is 0 Å². The molecule has 122 valence electrons. The van der Waals surface area contributed by atoms with Crippen LogP contribution in [-0.4, -0.2) is 44.1 Å². The number of nitrogens with zero attached hydrogens (tertiary/aromatic N) is 1. The summed E-state index contributed by atoms with van der Waals surface area (Å²) in [5, 5.41) is 5.98. The summed E-state index contributed by atoms with van der Waals surface area (Å²) in [5.41, 5.74) is 0.733. The van der Waals surface area contributed by atoms with Crippen molar-refractivity contribution >= 4 is 27.7 Å². The third kappa shape index (κ3) is 5.47. The molecule has 1 aliphatic carbocycles. The van der Waals surface area contributed by atoms with Crippen LogP contribution in [0.2, 0.25) is 5.02 Å². The van der Waals surface area contributed by atoms with Crippen molar-refractivity contribution < 1.29 is 13.2 Å². The average molecular weight is 346 g/mol. The number of amides is 2. The van der Waals surface area contributed by atoms with Gasteiger partial charge in [0.25, 0.3) is 0 Å². The van der Waals surface area contributed by atoms with Gasteiger partial charge in [0.1, 0.15) is 0 Å². The Morgan fingerprint density at radius 2 is 2.05 bits per heavy atom. The van der Waals surface area contributed by atoms with Crippen molar-refractivity contribution in [2.45, 2.75) is 25.4 Å². The normalized spacial score (nSPS) is 14.9. The molecule has 0 unspecified atom stereocenters. The molecule has 2 rings (SSSR count). The Balaban J connectivity index is 1.89. The van der Waals surface area contributed by atoms with Gasteiger partial charge in [-0.1, -0.05) is 29.8 Å². The average Bonchev–Trinajstić information content (AvgIpc) is 3.22. The monoisotopic (exact) mass is 345 g/mol. The number of nitrogens with one attached hydrogen (secondary N) is 2. The highest BCUT2D eigenvalue weighted by molar-refractivity contribution is 7.88. The summed E-state index contributed by atoms with van der Waals surface area (Å²) in [6, 6.07) is 7.12. The molecule has 1 saturated carbocycles. The number of halogens is 1. The Labute approximate surface area is 135 Å². The van der Waals surface area contributed by atoms with Gasteiger partial charge in [-0.2, -0.15) is 4.31 Å². The molecule has 2 amide bonds. The minimum Gasteiger partial charge on any atom is -0.337 e. The number of hydrogen-bond acceptors (Lipinski definition) is 3. The highest BCUT2D eigenvalue weighted by Gasteiger charge is 2.23. The smallest absolute Gasteiger partial charge is 0.315 e. The van der Waals surface area contributed by atoms with E-state index in [1.54, 1.807) is 18.2 Å². The van der Waals surface area contributed by atoms with Crippen LogP contribution in [0.15, 0.2) is 24.3 Å². The molecule has 0 radical (unpaired) electrons. The predicted molar refractivity (Wildman–Crippen MR) is 86.3 cm³/mol. The van der Waals surface area contributed by atoms with Crippen molar-refractivity contribution in [1.82, 2.24) is 14.9 Å². The fourth-order valence-corrected chi connectivity index (χ4v) is 2.93. The molecule has 0 bridgehead atoms. The van der Waals surface area contributed by atoms with E-state index in [0.717, 1.165) is 24.7 Å². The number of carbonyl (C=O) groups is 1. The van der Waals surface area contributed by atoms with E-state index in [1.165, 1.54) is 4.31 Å². The van der Waals surface area contributed by atoms with Gasteiger partial charge in [-0.3, -0.25) is 0 Å². The quantitative estimate of drug-likeness (QED) is 0.787. The standard InChI is InChI=1S/C14H20ClN3O3S/c1-22(20,21)18(10-11-4-2-3-5-13(11)15)9-8-16-14(19)17-12-6-7-12/h2-5,12H,6-10H2,1H3,(H2,16,17,19). The molecular weight excluding hydrogens is 326 g/mol. The minimum absolute atomic E-state index is 0.185. The molecule has 2 N–H and O–H groups in total. The summed E-state index contributed by atoms with van der Waals surface area (Å²) in [7, 11) is -3.39. The first-order valence-corrected chi connectivity index (χ1v) is 9.32. The molecule has 0 atom stereocenters. The molecule has 1 aliphatic rings. The number of urea groups is 1. The van der Waals surface area contributed by atoms with Gasteiger partial charge in [0, 0.05) is 30.7 Å². The van der Waals surface area contributed by atoms with Gasteiger partial charge >= 0.3 is 6.03 Å². The summed E-state index contributed by atoms with van der Waals surface area (Å²) >= 11 is 6.07. The minimum atomic E-state index is -3.39. The SMILES string of the molecule is CS(=O)(=O)N(CCNC(=O)NC1CC1)Cc1ccccc1Cl. The Bertz CT molecular complexity index is 632. The lowest BCUT2D eigenvalue weighted by Gasteiger charge is -2.21. The Morgan fingerprint density at radius 1 is 1.36 bits per heavy atom. The number of carbonyl (C=O) groups excluding carboxylic acids is 1. The summed E-state index contributed by atoms with van der Waals surface area (Å²) < 4.78 is 25.0. The van der Waals surface area contributed by atoms with Gasteiger partial charge in [0.05, 0.1) is 6.26 Å². The molecule has 8 heteroatoms. The molecule has 1 aromatic carbocycles. The lowest BCUT2D eigenvalue weighted by molar-refractivity contribution is 0.239. The zero-order chi connectivity index (χ0) is 16.2. The van der Waals surface area contributed by atoms with Crippen LogP contribution in [0.5, 0.6) is 0 Å². The maximum absolute atomic E-state index is 11.9. The van der Waals surface area contributed by atoms with Crippen LogP contribution < -0.4 is 10.6 Å². The third-order valence-corrected chi connectivity index (χ3v) is 4.95. The molecule has 0 aromatic heterocycles. The molecule has 1 fully saturated rings. The lowest BCUT2D eigenvalue weighted by atomic mass is 10.2. The van der Waals surface area contributed by atoms with Crippen LogP contribution in [0.25, 0.3) is 0 Å². The molecular formula is C14H20ClN3O3S. The van der Waals surface area contributed by atoms with Crippen LogP contribution in [0, 0.1) is 0 Å². The fraction of sp³-hybridized carbons (Fsp3) is 0.500. The molecule has 0 saturated heterocycles. The second kappa shape index (κ2) is 7.30. The van der Waals surface area contributed by atoms with E-state index in [2.05, 4.69) is 10.6 Å². The first kappa shape index (κ1) is 17.1. The van der Waals surface area contributed by atoms with Crippen molar-refractivity contribution in [2.75, 3.05) is 19.3 Å². The Kier molecular flexibility index (Phi) is 5.66. The van der Waals surface area contributed by atoms with E-state index >= 15 is 0 Å². The van der Waals surface area contributed by atoms with E-state index in [9.17, 15) is 13.2 Å². The van der Waals surface area contributed by atoms with Crippen molar-refractivity contribution in [2.24, 2.45) is 0 Å². The van der Waals surface area contributed by atoms with E-state index in [-0.39, 0.29) is 31.7 Å². The zero-order valence-corrected chi connectivity index (χ0v) is 14.0. The molecule has 0 heterocycles. The third-order valence-electron chi connectivity index (χ3n) is 3.33. The topological polar surface area (TPSA) is 78.5 Å². The highest BCUT2D eigenvalue weighted by Crippen LogP contribution is 2.19. The van der Waals surface area contributed by atoms with E-state index < -0.39 is 10.0 Å². The van der Waals surface area contributed by atoms with E-state index in [0.29, 0.717) is 5.02 Å². The fourth-order valence-electron chi connectivity index (χ4n) is 1.94. The van der Waals surface area contributed by atoms with Crippen molar-refractivity contribution in [3.05, 3.63) is 34.9 Å². The van der Waals surface area contributed by atoms with Crippen LogP contribution in [0.4, 0.5) is 4.79 Å². The molecule has 0 aliphatic heterocycles. The number of hydrogen-bond donors (Lipinski definition) is 2. The maximum Gasteiger partial charge on any atom is 0.315 e. The largest absolute Gasteiger partial charge is 0.337 e. The summed E-state index contributed by atoms with van der Waals surface area (Å²) in [4.78, 5) is 11.5. The first-order chi connectivity index (χ1) is 10.4. The number of benzene rings is 1. The van der Waals surface area contributed by atoms with Gasteiger partial charge in [-0.05, 0) is 24.5 Å². The van der Waals surface area contributed by atoms with Gasteiger partial charge in [-0.25, -0.2) is 13.2 Å². The maximum atomic E-state index is 11.9. The lowest BCUT2D eigenvalue weighted by Crippen LogP contribution is -2.42. The van der Waals surface area contributed by atoms with Crippen molar-refractivity contribution in [3.8, 4) is 0 Å². The second-order valence-electron chi connectivity index (χ2n) is 5.36. The van der Waals surface area contributed by atoms with Crippen LogP contribution in [0.1, 0.15) is 18.4 Å². The molecule has 6 nitrogen and oxygen atoms in total. The second-order valence-corrected chi connectivity index (χ2v) is 7.75. The summed E-state index contributed by atoms with van der Waals surface area (Å²) in [6.45, 7) is 0.628. The van der Waals surface area contributed by atoms with Gasteiger partial charge in [0.15, 0.2) is 0 Å². The van der Waals surface area contributed by atoms with E-state index in [1.807, 2.05) is 6.07 Å². The van der Waals surface area contributed by atoms with Gasteiger partial charge < -0.3 is 10.6 Å². The first-order valence-electron chi connectivity index (χ1n) is 7.09. The van der Waals surface area contributed by atoms with Crippen LogP contribution >= 0.6 is 11.6 Å². The van der Waals surface area contributed by atoms with Crippen molar-refractivity contribution in [3.63, 3.8) is 0 Å². The number of sulfonamides is 1. The molecule has 0 spiro atoms. The van der Waals surface area contributed by atoms with Gasteiger partial charge in [0.2, 0.25) is 10.0 Å². The van der Waals surface area contributed by atoms with Crippen LogP contribution in [0.3, 0.4) is 0 Å². The molecule has 1 aromatic rings. The highest BCUT2D eigenvalue weighted by atomic mass is 35.5. The zero-order valence-electron chi connectivity index (χ0n) is 12.4. The molecule has 22 heavy (non-hydrogen) atoms. The Hall–Kier alpha value is -1.31. The van der Waals surface area contributed by atoms with Crippen molar-refractivity contribution in [1.29, 1.82) is 0 Å². The summed E-state index contributed by atoms with van der Waals surface area (Å²) in [5.74, 6) is 0.